The molecule has 9 nitrogen and oxygen atoms in total. The van der Waals surface area contributed by atoms with E-state index >= 15 is 0 Å². The second-order valence-corrected chi connectivity index (χ2v) is 10.0. The van der Waals surface area contributed by atoms with Crippen LogP contribution in [0.3, 0.4) is 0 Å². The summed E-state index contributed by atoms with van der Waals surface area (Å²) in [7, 11) is 0. The normalized spacial score (nSPS) is 16.2. The maximum Gasteiger partial charge on any atom is 0.321 e. The molecule has 10 heteroatoms. The van der Waals surface area contributed by atoms with Crippen molar-refractivity contribution in [3.8, 4) is 6.07 Å². The molecule has 5 rings (SSSR count). The van der Waals surface area contributed by atoms with Crippen molar-refractivity contribution < 1.29 is 14.4 Å². The summed E-state index contributed by atoms with van der Waals surface area (Å²) in [5, 5.41) is 15.2. The smallest absolute Gasteiger partial charge is 0.321 e. The monoisotopic (exact) mass is 542 g/mol. The van der Waals surface area contributed by atoms with Crippen LogP contribution < -0.4 is 15.5 Å². The molecule has 1 spiro atoms. The molecule has 0 saturated carbocycles. The minimum Gasteiger partial charge on any atom is -0.339 e. The Bertz CT molecular complexity index is 1410. The first-order chi connectivity index (χ1) is 18.9. The van der Waals surface area contributed by atoms with Crippen molar-refractivity contribution in [3.05, 3.63) is 89.4 Å². The number of anilines is 3. The zero-order valence-corrected chi connectivity index (χ0v) is 21.9. The van der Waals surface area contributed by atoms with Crippen LogP contribution in [0.1, 0.15) is 18.4 Å². The molecule has 0 aliphatic carbocycles. The highest BCUT2D eigenvalue weighted by Gasteiger charge is 2.54. The van der Waals surface area contributed by atoms with Gasteiger partial charge in [0.25, 0.3) is 5.91 Å². The van der Waals surface area contributed by atoms with E-state index in [9.17, 15) is 14.4 Å². The SMILES string of the molecule is N#Cc1ccc(NC(=O)N2CCC3(CC2)C(=O)N(CC(=O)Nc2cccc(Cl)c2)CN3c2ccccc2)cc1. The Kier molecular flexibility index (Phi) is 7.39. The standard InChI is InChI=1S/C29H27ClN6O3/c30-22-5-4-6-24(17-22)32-26(37)19-35-20-36(25-7-2-1-3-8-25)29(27(35)38)13-15-34(16-14-29)28(39)33-23-11-9-21(18-31)10-12-23/h1-12,17H,13-16,19-20H2,(H,32,37)(H,33,39). The van der Waals surface area contributed by atoms with Crippen LogP contribution in [0.25, 0.3) is 0 Å². The summed E-state index contributed by atoms with van der Waals surface area (Å²) in [5.74, 6) is -0.436. The first-order valence-electron chi connectivity index (χ1n) is 12.6. The highest BCUT2D eigenvalue weighted by atomic mass is 35.5. The maximum absolute atomic E-state index is 13.9. The van der Waals surface area contributed by atoms with Gasteiger partial charge in [-0.15, -0.1) is 0 Å². The van der Waals surface area contributed by atoms with Gasteiger partial charge in [-0.2, -0.15) is 5.26 Å². The summed E-state index contributed by atoms with van der Waals surface area (Å²) in [5.41, 5.74) is 1.70. The molecule has 0 radical (unpaired) electrons. The number of amides is 4. The van der Waals surface area contributed by atoms with Crippen LogP contribution in [0.15, 0.2) is 78.9 Å². The Morgan fingerprint density at radius 1 is 0.923 bits per heavy atom. The van der Waals surface area contributed by atoms with Crippen molar-refractivity contribution in [2.75, 3.05) is 41.8 Å². The fraction of sp³-hybridized carbons (Fsp3) is 0.241. The summed E-state index contributed by atoms with van der Waals surface area (Å²) >= 11 is 6.03. The second kappa shape index (κ2) is 11.1. The number of carbonyl (C=O) groups is 3. The summed E-state index contributed by atoms with van der Waals surface area (Å²) in [6, 6.07) is 25.0. The van der Waals surface area contributed by atoms with Gasteiger partial charge in [-0.25, -0.2) is 4.79 Å². The number of hydrogen-bond acceptors (Lipinski definition) is 5. The number of nitrogens with one attached hydrogen (secondary N) is 2. The molecule has 39 heavy (non-hydrogen) atoms. The molecule has 3 aromatic rings. The number of para-hydroxylation sites is 1. The largest absolute Gasteiger partial charge is 0.339 e. The molecule has 2 fully saturated rings. The summed E-state index contributed by atoms with van der Waals surface area (Å²) in [6.07, 6.45) is 0.849. The van der Waals surface area contributed by atoms with Gasteiger partial charge in [-0.05, 0) is 67.4 Å². The van der Waals surface area contributed by atoms with Gasteiger partial charge >= 0.3 is 6.03 Å². The quantitative estimate of drug-likeness (QED) is 0.492. The molecule has 2 saturated heterocycles. The van der Waals surface area contributed by atoms with E-state index in [4.69, 9.17) is 16.9 Å². The Balaban J connectivity index is 1.29. The van der Waals surface area contributed by atoms with Gasteiger partial charge in [0.05, 0.1) is 18.3 Å². The van der Waals surface area contributed by atoms with Crippen molar-refractivity contribution in [1.29, 1.82) is 5.26 Å². The molecule has 2 aliphatic heterocycles. The first-order valence-corrected chi connectivity index (χ1v) is 13.0. The molecule has 0 aromatic heterocycles. The Labute approximate surface area is 231 Å². The number of benzene rings is 3. The molecular weight excluding hydrogens is 516 g/mol. The summed E-state index contributed by atoms with van der Waals surface area (Å²) < 4.78 is 0. The number of nitriles is 1. The van der Waals surface area contributed by atoms with Crippen LogP contribution >= 0.6 is 11.6 Å². The predicted octanol–water partition coefficient (Wildman–Crippen LogP) is 4.52. The minimum absolute atomic E-state index is 0.0979. The fourth-order valence-corrected chi connectivity index (χ4v) is 5.36. The molecule has 0 unspecified atom stereocenters. The van der Waals surface area contributed by atoms with E-state index in [0.29, 0.717) is 47.9 Å². The van der Waals surface area contributed by atoms with E-state index in [1.165, 1.54) is 0 Å². The number of likely N-dealkylation sites (tertiary alicyclic amines) is 1. The van der Waals surface area contributed by atoms with Crippen LogP contribution in [0.4, 0.5) is 21.9 Å². The molecule has 198 valence electrons. The molecule has 0 bridgehead atoms. The molecule has 2 heterocycles. The van der Waals surface area contributed by atoms with Gasteiger partial charge in [0.1, 0.15) is 12.1 Å². The van der Waals surface area contributed by atoms with Gasteiger partial charge in [0.15, 0.2) is 0 Å². The average molecular weight is 543 g/mol. The van der Waals surface area contributed by atoms with Crippen LogP contribution in [0, 0.1) is 11.3 Å². The highest BCUT2D eigenvalue weighted by Crippen LogP contribution is 2.39. The predicted molar refractivity (Wildman–Crippen MR) is 149 cm³/mol. The van der Waals surface area contributed by atoms with Gasteiger partial charge in [0.2, 0.25) is 5.91 Å². The van der Waals surface area contributed by atoms with Gasteiger partial charge in [-0.3, -0.25) is 9.59 Å². The average Bonchev–Trinajstić information content (AvgIpc) is 3.20. The Morgan fingerprint density at radius 2 is 1.64 bits per heavy atom. The molecule has 3 aromatic carbocycles. The molecule has 0 atom stereocenters. The first kappa shape index (κ1) is 26.1. The number of hydrogen-bond donors (Lipinski definition) is 2. The van der Waals surface area contributed by atoms with Crippen LogP contribution in [0.5, 0.6) is 0 Å². The van der Waals surface area contributed by atoms with E-state index in [2.05, 4.69) is 21.6 Å². The molecule has 2 N–H and O–H groups in total. The topological polar surface area (TPSA) is 109 Å². The number of nitrogens with zero attached hydrogens (tertiary/aromatic N) is 4. The number of piperidine rings is 1. The lowest BCUT2D eigenvalue weighted by Crippen LogP contribution is -2.58. The van der Waals surface area contributed by atoms with E-state index in [-0.39, 0.29) is 31.1 Å². The van der Waals surface area contributed by atoms with Crippen molar-refractivity contribution in [3.63, 3.8) is 0 Å². The Morgan fingerprint density at radius 3 is 2.31 bits per heavy atom. The lowest BCUT2D eigenvalue weighted by atomic mass is 9.85. The zero-order valence-electron chi connectivity index (χ0n) is 21.1. The number of urea groups is 1. The number of rotatable bonds is 5. The molecule has 4 amide bonds. The Hall–Kier alpha value is -4.55. The number of carbonyl (C=O) groups excluding carboxylic acids is 3. The van der Waals surface area contributed by atoms with E-state index in [1.807, 2.05) is 30.3 Å². The molecule has 2 aliphatic rings. The van der Waals surface area contributed by atoms with Gasteiger partial charge in [0, 0.05) is 35.2 Å². The second-order valence-electron chi connectivity index (χ2n) is 9.60. The summed E-state index contributed by atoms with van der Waals surface area (Å²) in [6.45, 7) is 0.919. The lowest BCUT2D eigenvalue weighted by Gasteiger charge is -2.43. The number of halogens is 1. The van der Waals surface area contributed by atoms with Crippen LogP contribution in [0.2, 0.25) is 5.02 Å². The van der Waals surface area contributed by atoms with Crippen molar-refractivity contribution >= 4 is 46.5 Å². The fourth-order valence-electron chi connectivity index (χ4n) is 5.17. The van der Waals surface area contributed by atoms with E-state index in [0.717, 1.165) is 5.69 Å². The third-order valence-electron chi connectivity index (χ3n) is 7.17. The van der Waals surface area contributed by atoms with Gasteiger partial charge < -0.3 is 25.3 Å². The van der Waals surface area contributed by atoms with E-state index in [1.54, 1.807) is 58.3 Å². The van der Waals surface area contributed by atoms with Crippen molar-refractivity contribution in [2.24, 2.45) is 0 Å². The lowest BCUT2D eigenvalue weighted by molar-refractivity contribution is -0.136. The summed E-state index contributed by atoms with van der Waals surface area (Å²) in [4.78, 5) is 45.0. The van der Waals surface area contributed by atoms with Crippen LogP contribution in [-0.4, -0.2) is 59.5 Å². The van der Waals surface area contributed by atoms with Crippen molar-refractivity contribution in [2.45, 2.75) is 18.4 Å². The van der Waals surface area contributed by atoms with Gasteiger partial charge in [-0.1, -0.05) is 35.9 Å². The third-order valence-corrected chi connectivity index (χ3v) is 7.40. The zero-order chi connectivity index (χ0) is 27.4. The maximum atomic E-state index is 13.9. The third kappa shape index (κ3) is 5.52. The highest BCUT2D eigenvalue weighted by molar-refractivity contribution is 6.30. The van der Waals surface area contributed by atoms with E-state index < -0.39 is 5.54 Å². The van der Waals surface area contributed by atoms with Crippen molar-refractivity contribution in [1.82, 2.24) is 9.80 Å². The molecular formula is C29H27ClN6O3. The minimum atomic E-state index is -0.858. The van der Waals surface area contributed by atoms with Crippen LogP contribution in [-0.2, 0) is 9.59 Å².